The highest BCUT2D eigenvalue weighted by Gasteiger charge is 2.35. The number of fused-ring (bicyclic) bond motifs is 3. The number of nitrogen functional groups attached to an aromatic ring is 1. The first kappa shape index (κ1) is 20.3. The summed E-state index contributed by atoms with van der Waals surface area (Å²) in [6.45, 7) is 1.64. The molecule has 4 aromatic rings. The minimum atomic E-state index is -0.789. The predicted octanol–water partition coefficient (Wildman–Crippen LogP) is 4.10. The van der Waals surface area contributed by atoms with Crippen molar-refractivity contribution in [2.24, 2.45) is 5.73 Å². The van der Waals surface area contributed by atoms with E-state index in [1.54, 1.807) is 43.3 Å². The molecule has 0 aliphatic carbocycles. The third kappa shape index (κ3) is 3.27. The normalized spacial score (nSPS) is 15.1. The second kappa shape index (κ2) is 7.50. The highest BCUT2D eigenvalue weighted by atomic mass is 19.1. The van der Waals surface area contributed by atoms with Crippen molar-refractivity contribution in [3.05, 3.63) is 99.2 Å². The van der Waals surface area contributed by atoms with E-state index in [0.717, 1.165) is 11.1 Å². The average Bonchev–Trinajstić information content (AvgIpc) is 2.81. The third-order valence-corrected chi connectivity index (χ3v) is 5.68. The van der Waals surface area contributed by atoms with Crippen LogP contribution in [-0.4, -0.2) is 4.98 Å². The quantitative estimate of drug-likeness (QED) is 0.273. The Kier molecular flexibility index (Phi) is 4.61. The van der Waals surface area contributed by atoms with Crippen LogP contribution in [0.4, 0.5) is 10.1 Å². The van der Waals surface area contributed by atoms with Crippen LogP contribution in [0.1, 0.15) is 22.6 Å². The molecular weight excluding hydrogens is 423 g/mol. The standard InChI is InChI=1S/C25H17FN4O3/c1-12-8-15(11-30-23(12)26)13-2-4-14(5-3-13)20-18(10-27)24(29)33-22-17-9-16(28)6-7-19(17)32-25(31)21(20)22/h2-9,11,20H,28-29H2,1H3. The van der Waals surface area contributed by atoms with E-state index in [4.69, 9.17) is 20.6 Å². The zero-order chi connectivity index (χ0) is 23.3. The highest BCUT2D eigenvalue weighted by molar-refractivity contribution is 5.88. The SMILES string of the molecule is Cc1cc(-c2ccc(C3C(C#N)=C(N)Oc4c3c(=O)oc3ccc(N)cc43)cc2)cnc1F. The smallest absolute Gasteiger partial charge is 0.344 e. The zero-order valence-corrected chi connectivity index (χ0v) is 17.4. The Bertz CT molecular complexity index is 1570. The molecule has 0 saturated carbocycles. The molecule has 0 bridgehead atoms. The summed E-state index contributed by atoms with van der Waals surface area (Å²) in [7, 11) is 0. The van der Waals surface area contributed by atoms with Crippen molar-refractivity contribution in [3.63, 3.8) is 0 Å². The van der Waals surface area contributed by atoms with Gasteiger partial charge in [-0.2, -0.15) is 9.65 Å². The maximum atomic E-state index is 13.5. The summed E-state index contributed by atoms with van der Waals surface area (Å²) in [5.74, 6) is -1.18. The van der Waals surface area contributed by atoms with Gasteiger partial charge in [0.25, 0.3) is 0 Å². The van der Waals surface area contributed by atoms with Crippen molar-refractivity contribution in [2.45, 2.75) is 12.8 Å². The van der Waals surface area contributed by atoms with Crippen LogP contribution < -0.4 is 21.8 Å². The number of hydrogen-bond donors (Lipinski definition) is 2. The van der Waals surface area contributed by atoms with Crippen molar-refractivity contribution in [3.8, 4) is 22.9 Å². The lowest BCUT2D eigenvalue weighted by molar-refractivity contribution is 0.388. The van der Waals surface area contributed by atoms with Crippen molar-refractivity contribution >= 4 is 16.7 Å². The predicted molar refractivity (Wildman–Crippen MR) is 121 cm³/mol. The lowest BCUT2D eigenvalue weighted by Gasteiger charge is -2.26. The molecule has 1 atom stereocenters. The number of rotatable bonds is 2. The van der Waals surface area contributed by atoms with Gasteiger partial charge in [-0.15, -0.1) is 0 Å². The number of ether oxygens (including phenoxy) is 1. The largest absolute Gasteiger partial charge is 0.439 e. The van der Waals surface area contributed by atoms with Crippen LogP contribution >= 0.6 is 0 Å². The summed E-state index contributed by atoms with van der Waals surface area (Å²) in [6.07, 6.45) is 1.45. The molecule has 0 spiro atoms. The average molecular weight is 440 g/mol. The number of nitrogens with zero attached hydrogens (tertiary/aromatic N) is 2. The molecule has 8 heteroatoms. The molecule has 162 valence electrons. The summed E-state index contributed by atoms with van der Waals surface area (Å²) in [6, 6.07) is 15.8. The Morgan fingerprint density at radius 3 is 2.55 bits per heavy atom. The van der Waals surface area contributed by atoms with Crippen molar-refractivity contribution in [1.82, 2.24) is 4.98 Å². The molecule has 5 rings (SSSR count). The molecule has 33 heavy (non-hydrogen) atoms. The van der Waals surface area contributed by atoms with Gasteiger partial charge in [-0.25, -0.2) is 9.78 Å². The number of benzene rings is 2. The van der Waals surface area contributed by atoms with E-state index < -0.39 is 17.5 Å². The van der Waals surface area contributed by atoms with Crippen LogP contribution in [0.15, 0.2) is 75.4 Å². The summed E-state index contributed by atoms with van der Waals surface area (Å²) < 4.78 is 24.8. The van der Waals surface area contributed by atoms with E-state index in [-0.39, 0.29) is 22.8 Å². The van der Waals surface area contributed by atoms with Gasteiger partial charge in [-0.3, -0.25) is 0 Å². The Morgan fingerprint density at radius 2 is 1.85 bits per heavy atom. The van der Waals surface area contributed by atoms with Crippen LogP contribution in [0.2, 0.25) is 0 Å². The molecule has 1 aliphatic rings. The zero-order valence-electron chi connectivity index (χ0n) is 17.4. The minimum absolute atomic E-state index is 0.0910. The van der Waals surface area contributed by atoms with Gasteiger partial charge in [-0.05, 0) is 42.3 Å². The Morgan fingerprint density at radius 1 is 1.09 bits per heavy atom. The summed E-state index contributed by atoms with van der Waals surface area (Å²) in [5, 5.41) is 10.3. The first-order valence-corrected chi connectivity index (χ1v) is 10.0. The van der Waals surface area contributed by atoms with Crippen LogP contribution in [0.3, 0.4) is 0 Å². The number of hydrogen-bond acceptors (Lipinski definition) is 7. The maximum Gasteiger partial charge on any atom is 0.344 e. The summed E-state index contributed by atoms with van der Waals surface area (Å²) in [5.41, 5.74) is 15.0. The van der Waals surface area contributed by atoms with Gasteiger partial charge in [-0.1, -0.05) is 24.3 Å². The number of nitriles is 1. The molecule has 0 amide bonds. The number of allylic oxidation sites excluding steroid dienone is 1. The van der Waals surface area contributed by atoms with E-state index in [0.29, 0.717) is 27.8 Å². The number of aryl methyl sites for hydroxylation is 1. The number of aromatic nitrogens is 1. The van der Waals surface area contributed by atoms with Gasteiger partial charge < -0.3 is 20.6 Å². The molecule has 2 aromatic carbocycles. The van der Waals surface area contributed by atoms with E-state index >= 15 is 0 Å². The maximum absolute atomic E-state index is 13.5. The summed E-state index contributed by atoms with van der Waals surface area (Å²) >= 11 is 0. The molecule has 0 fully saturated rings. The Balaban J connectivity index is 1.69. The highest BCUT2D eigenvalue weighted by Crippen LogP contribution is 2.44. The van der Waals surface area contributed by atoms with Crippen molar-refractivity contribution in [1.29, 1.82) is 5.26 Å². The fraction of sp³-hybridized carbons (Fsp3) is 0.0800. The molecule has 3 heterocycles. The van der Waals surface area contributed by atoms with E-state index in [1.807, 2.05) is 12.1 Å². The van der Waals surface area contributed by atoms with Crippen LogP contribution in [0.25, 0.3) is 22.1 Å². The second-order valence-electron chi connectivity index (χ2n) is 7.77. The topological polar surface area (TPSA) is 128 Å². The van der Waals surface area contributed by atoms with Crippen LogP contribution in [0, 0.1) is 24.2 Å². The molecule has 0 saturated heterocycles. The fourth-order valence-electron chi connectivity index (χ4n) is 4.05. The molecule has 0 radical (unpaired) electrons. The van der Waals surface area contributed by atoms with E-state index in [9.17, 15) is 14.4 Å². The molecule has 4 N–H and O–H groups in total. The van der Waals surface area contributed by atoms with E-state index in [2.05, 4.69) is 11.1 Å². The van der Waals surface area contributed by atoms with Gasteiger partial charge in [0.2, 0.25) is 11.8 Å². The van der Waals surface area contributed by atoms with Crippen molar-refractivity contribution < 1.29 is 13.5 Å². The van der Waals surface area contributed by atoms with Crippen LogP contribution in [0.5, 0.6) is 5.75 Å². The Labute approximate surface area is 187 Å². The first-order valence-electron chi connectivity index (χ1n) is 10.0. The van der Waals surface area contributed by atoms with Gasteiger partial charge in [0.15, 0.2) is 5.75 Å². The number of halogens is 1. The fourth-order valence-corrected chi connectivity index (χ4v) is 4.05. The third-order valence-electron chi connectivity index (χ3n) is 5.68. The first-order chi connectivity index (χ1) is 15.9. The minimum Gasteiger partial charge on any atom is -0.439 e. The van der Waals surface area contributed by atoms with Gasteiger partial charge in [0.05, 0.1) is 16.9 Å². The van der Waals surface area contributed by atoms with Crippen molar-refractivity contribution in [2.75, 3.05) is 5.73 Å². The molecule has 1 aliphatic heterocycles. The number of pyridine rings is 1. The number of nitrogens with two attached hydrogens (primary N) is 2. The molecule has 2 aromatic heterocycles. The van der Waals surface area contributed by atoms with Crippen LogP contribution in [-0.2, 0) is 0 Å². The summed E-state index contributed by atoms with van der Waals surface area (Å²) in [4.78, 5) is 16.7. The Hall–Kier alpha value is -4.64. The second-order valence-corrected chi connectivity index (χ2v) is 7.77. The lowest BCUT2D eigenvalue weighted by Crippen LogP contribution is -2.26. The van der Waals surface area contributed by atoms with Gasteiger partial charge in [0, 0.05) is 23.0 Å². The monoisotopic (exact) mass is 440 g/mol. The van der Waals surface area contributed by atoms with E-state index in [1.165, 1.54) is 6.20 Å². The van der Waals surface area contributed by atoms with Gasteiger partial charge >= 0.3 is 5.63 Å². The molecule has 1 unspecified atom stereocenters. The molecule has 7 nitrogen and oxygen atoms in total. The molecular formula is C25H17FN4O3. The number of anilines is 1. The lowest BCUT2D eigenvalue weighted by atomic mass is 9.83. The van der Waals surface area contributed by atoms with Gasteiger partial charge in [0.1, 0.15) is 17.2 Å².